The van der Waals surface area contributed by atoms with Crippen LogP contribution < -0.4 is 16.0 Å². The number of amides is 3. The maximum absolute atomic E-state index is 11.9. The summed E-state index contributed by atoms with van der Waals surface area (Å²) in [7, 11) is 1.51. The van der Waals surface area contributed by atoms with E-state index in [1.807, 2.05) is 30.3 Å². The molecule has 3 N–H and O–H groups in total. The standard InChI is InChI=1S/C20H31N3O5/c1-20(2,3)28-19(26)23-16(17(24)21-4)12-8-9-13-22-18(25)27-14-15-10-6-5-7-11-15/h5-7,10-11,16H,8-9,12-14H2,1-4H3,(H,21,24)(H,22,25)(H,23,26)/t16-/m1/s1. The lowest BCUT2D eigenvalue weighted by Gasteiger charge is -2.23. The predicted octanol–water partition coefficient (Wildman–Crippen LogP) is 2.72. The van der Waals surface area contributed by atoms with Crippen molar-refractivity contribution in [2.24, 2.45) is 0 Å². The Hall–Kier alpha value is -2.77. The van der Waals surface area contributed by atoms with Crippen molar-refractivity contribution in [2.75, 3.05) is 13.6 Å². The second kappa shape index (κ2) is 11.8. The van der Waals surface area contributed by atoms with Gasteiger partial charge in [-0.2, -0.15) is 0 Å². The molecule has 0 bridgehead atoms. The number of unbranched alkanes of at least 4 members (excludes halogenated alkanes) is 1. The van der Waals surface area contributed by atoms with E-state index in [9.17, 15) is 14.4 Å². The summed E-state index contributed by atoms with van der Waals surface area (Å²) in [5.74, 6) is -0.291. The van der Waals surface area contributed by atoms with Crippen LogP contribution in [0.2, 0.25) is 0 Å². The Morgan fingerprint density at radius 1 is 1.04 bits per heavy atom. The van der Waals surface area contributed by atoms with Crippen molar-refractivity contribution in [3.8, 4) is 0 Å². The lowest BCUT2D eigenvalue weighted by atomic mass is 10.1. The number of alkyl carbamates (subject to hydrolysis) is 2. The number of carbonyl (C=O) groups is 3. The van der Waals surface area contributed by atoms with Gasteiger partial charge in [0.1, 0.15) is 18.2 Å². The normalized spacial score (nSPS) is 11.9. The smallest absolute Gasteiger partial charge is 0.408 e. The van der Waals surface area contributed by atoms with E-state index in [-0.39, 0.29) is 12.5 Å². The minimum absolute atomic E-state index is 0.214. The highest BCUT2D eigenvalue weighted by molar-refractivity contribution is 5.85. The molecule has 0 saturated carbocycles. The zero-order valence-electron chi connectivity index (χ0n) is 17.0. The van der Waals surface area contributed by atoms with Crippen molar-refractivity contribution >= 4 is 18.1 Å². The molecular formula is C20H31N3O5. The molecule has 0 saturated heterocycles. The largest absolute Gasteiger partial charge is 0.445 e. The predicted molar refractivity (Wildman–Crippen MR) is 106 cm³/mol. The number of hydrogen-bond acceptors (Lipinski definition) is 5. The second-order valence-electron chi connectivity index (χ2n) is 7.30. The van der Waals surface area contributed by atoms with Crippen LogP contribution in [-0.2, 0) is 20.9 Å². The maximum Gasteiger partial charge on any atom is 0.408 e. The molecule has 156 valence electrons. The Labute approximate surface area is 166 Å². The Bertz CT molecular complexity index is 628. The van der Waals surface area contributed by atoms with E-state index >= 15 is 0 Å². The average molecular weight is 393 g/mol. The number of nitrogens with one attached hydrogen (secondary N) is 3. The molecule has 8 nitrogen and oxygen atoms in total. The van der Waals surface area contributed by atoms with Crippen LogP contribution in [0.25, 0.3) is 0 Å². The number of carbonyl (C=O) groups excluding carboxylic acids is 3. The van der Waals surface area contributed by atoms with E-state index in [2.05, 4.69) is 16.0 Å². The first kappa shape index (κ1) is 23.3. The number of hydrogen-bond donors (Lipinski definition) is 3. The van der Waals surface area contributed by atoms with Gasteiger partial charge >= 0.3 is 12.2 Å². The lowest BCUT2D eigenvalue weighted by molar-refractivity contribution is -0.122. The van der Waals surface area contributed by atoms with Gasteiger partial charge in [-0.15, -0.1) is 0 Å². The SMILES string of the molecule is CNC(=O)[C@@H](CCCCNC(=O)OCc1ccccc1)NC(=O)OC(C)(C)C. The minimum atomic E-state index is -0.690. The summed E-state index contributed by atoms with van der Waals surface area (Å²) in [5, 5.41) is 7.77. The van der Waals surface area contributed by atoms with Gasteiger partial charge in [-0.3, -0.25) is 4.79 Å². The van der Waals surface area contributed by atoms with Crippen LogP contribution in [0.5, 0.6) is 0 Å². The molecular weight excluding hydrogens is 362 g/mol. The van der Waals surface area contributed by atoms with E-state index in [0.717, 1.165) is 5.56 Å². The molecule has 0 aliphatic carbocycles. The average Bonchev–Trinajstić information content (AvgIpc) is 2.63. The molecule has 0 heterocycles. The van der Waals surface area contributed by atoms with Crippen molar-refractivity contribution in [1.82, 2.24) is 16.0 Å². The van der Waals surface area contributed by atoms with Crippen LogP contribution >= 0.6 is 0 Å². The summed E-state index contributed by atoms with van der Waals surface area (Å²) < 4.78 is 10.3. The van der Waals surface area contributed by atoms with Gasteiger partial charge in [-0.1, -0.05) is 30.3 Å². The summed E-state index contributed by atoms with van der Waals surface area (Å²) in [6.07, 6.45) is 0.582. The summed E-state index contributed by atoms with van der Waals surface area (Å²) in [6.45, 7) is 5.89. The van der Waals surface area contributed by atoms with Crippen LogP contribution in [0.1, 0.15) is 45.6 Å². The van der Waals surface area contributed by atoms with Crippen molar-refractivity contribution in [3.05, 3.63) is 35.9 Å². The van der Waals surface area contributed by atoms with Crippen molar-refractivity contribution in [2.45, 2.75) is 58.3 Å². The Kier molecular flexibility index (Phi) is 9.84. The van der Waals surface area contributed by atoms with E-state index in [1.165, 1.54) is 7.05 Å². The van der Waals surface area contributed by atoms with Crippen molar-refractivity contribution in [3.63, 3.8) is 0 Å². The van der Waals surface area contributed by atoms with E-state index < -0.39 is 23.8 Å². The van der Waals surface area contributed by atoms with E-state index in [4.69, 9.17) is 9.47 Å². The van der Waals surface area contributed by atoms with Gasteiger partial charge in [0.25, 0.3) is 0 Å². The molecule has 8 heteroatoms. The van der Waals surface area contributed by atoms with E-state index in [1.54, 1.807) is 20.8 Å². The molecule has 1 atom stereocenters. The number of benzene rings is 1. The Balaban J connectivity index is 2.27. The van der Waals surface area contributed by atoms with Crippen LogP contribution in [0, 0.1) is 0 Å². The molecule has 0 aliphatic rings. The van der Waals surface area contributed by atoms with Crippen LogP contribution in [0.4, 0.5) is 9.59 Å². The molecule has 0 unspecified atom stereocenters. The highest BCUT2D eigenvalue weighted by Gasteiger charge is 2.23. The molecule has 3 amide bonds. The first-order valence-electron chi connectivity index (χ1n) is 9.37. The van der Waals surface area contributed by atoms with Crippen LogP contribution in [0.15, 0.2) is 30.3 Å². The summed E-state index contributed by atoms with van der Waals surface area (Å²) in [5.41, 5.74) is 0.278. The molecule has 0 aliphatic heterocycles. The zero-order chi connectivity index (χ0) is 21.0. The molecule has 1 rings (SSSR count). The third-order valence-electron chi connectivity index (χ3n) is 3.66. The highest BCUT2D eigenvalue weighted by Crippen LogP contribution is 2.08. The lowest BCUT2D eigenvalue weighted by Crippen LogP contribution is -2.47. The molecule has 28 heavy (non-hydrogen) atoms. The van der Waals surface area contributed by atoms with Gasteiger partial charge in [0.2, 0.25) is 5.91 Å². The van der Waals surface area contributed by atoms with Gasteiger partial charge < -0.3 is 25.4 Å². The fraction of sp³-hybridized carbons (Fsp3) is 0.550. The van der Waals surface area contributed by atoms with Gasteiger partial charge in [-0.05, 0) is 45.6 Å². The van der Waals surface area contributed by atoms with E-state index in [0.29, 0.717) is 25.8 Å². The topological polar surface area (TPSA) is 106 Å². The second-order valence-corrected chi connectivity index (χ2v) is 7.30. The van der Waals surface area contributed by atoms with Crippen LogP contribution in [-0.4, -0.2) is 43.3 Å². The third-order valence-corrected chi connectivity index (χ3v) is 3.66. The van der Waals surface area contributed by atoms with Gasteiger partial charge in [0, 0.05) is 13.6 Å². The zero-order valence-corrected chi connectivity index (χ0v) is 17.0. The first-order valence-corrected chi connectivity index (χ1v) is 9.37. The molecule has 0 fully saturated rings. The molecule has 0 radical (unpaired) electrons. The minimum Gasteiger partial charge on any atom is -0.445 e. The fourth-order valence-corrected chi connectivity index (χ4v) is 2.33. The number of rotatable bonds is 9. The van der Waals surface area contributed by atoms with Gasteiger partial charge in [0.05, 0.1) is 0 Å². The Morgan fingerprint density at radius 3 is 2.32 bits per heavy atom. The monoisotopic (exact) mass is 393 g/mol. The van der Waals surface area contributed by atoms with Gasteiger partial charge in [-0.25, -0.2) is 9.59 Å². The van der Waals surface area contributed by atoms with Gasteiger partial charge in [0.15, 0.2) is 0 Å². The van der Waals surface area contributed by atoms with Crippen molar-refractivity contribution in [1.29, 1.82) is 0 Å². The summed E-state index contributed by atoms with van der Waals surface area (Å²) in [6, 6.07) is 8.72. The molecule has 1 aromatic rings. The first-order chi connectivity index (χ1) is 13.2. The summed E-state index contributed by atoms with van der Waals surface area (Å²) in [4.78, 5) is 35.5. The van der Waals surface area contributed by atoms with Crippen molar-refractivity contribution < 1.29 is 23.9 Å². The fourth-order valence-electron chi connectivity index (χ4n) is 2.33. The summed E-state index contributed by atoms with van der Waals surface area (Å²) >= 11 is 0. The molecule has 1 aromatic carbocycles. The third kappa shape index (κ3) is 10.4. The molecule has 0 spiro atoms. The van der Waals surface area contributed by atoms with Crippen LogP contribution in [0.3, 0.4) is 0 Å². The maximum atomic E-state index is 11.9. The number of likely N-dealkylation sites (N-methyl/N-ethyl adjacent to an activating group) is 1. The number of ether oxygens (including phenoxy) is 2. The molecule has 0 aromatic heterocycles. The Morgan fingerprint density at radius 2 is 1.71 bits per heavy atom. The quantitative estimate of drug-likeness (QED) is 0.560. The highest BCUT2D eigenvalue weighted by atomic mass is 16.6.